The lowest BCUT2D eigenvalue weighted by atomic mass is 9.63. The van der Waals surface area contributed by atoms with Gasteiger partial charge in [-0.3, -0.25) is 14.4 Å². The number of piperidine rings is 1. The van der Waals surface area contributed by atoms with Gasteiger partial charge in [-0.05, 0) is 67.6 Å². The van der Waals surface area contributed by atoms with Crippen LogP contribution < -0.4 is 4.90 Å². The first kappa shape index (κ1) is 16.5. The van der Waals surface area contributed by atoms with Crippen molar-refractivity contribution in [3.63, 3.8) is 0 Å². The minimum absolute atomic E-state index is 0.000965. The van der Waals surface area contributed by atoms with E-state index in [0.29, 0.717) is 23.1 Å². The highest BCUT2D eigenvalue weighted by molar-refractivity contribution is 6.23. The van der Waals surface area contributed by atoms with Crippen LogP contribution in [0.5, 0.6) is 0 Å². The summed E-state index contributed by atoms with van der Waals surface area (Å²) in [6.07, 6.45) is 8.78. The predicted octanol–water partition coefficient (Wildman–Crippen LogP) is 2.87. The highest BCUT2D eigenvalue weighted by atomic mass is 16.2. The van der Waals surface area contributed by atoms with Crippen molar-refractivity contribution in [1.82, 2.24) is 4.90 Å². The van der Waals surface area contributed by atoms with Gasteiger partial charge < -0.3 is 4.90 Å². The molecule has 5 heteroatoms. The zero-order valence-electron chi connectivity index (χ0n) is 15.8. The Bertz CT molecular complexity index is 880. The van der Waals surface area contributed by atoms with E-state index in [2.05, 4.69) is 12.2 Å². The summed E-state index contributed by atoms with van der Waals surface area (Å²) in [6, 6.07) is 7.11. The number of imide groups is 1. The van der Waals surface area contributed by atoms with Gasteiger partial charge in [0.05, 0.1) is 17.5 Å². The molecule has 2 heterocycles. The maximum Gasteiger partial charge on any atom is 0.253 e. The fourth-order valence-electron chi connectivity index (χ4n) is 6.27. The number of benzene rings is 1. The third-order valence-corrected chi connectivity index (χ3v) is 7.66. The maximum absolute atomic E-state index is 13.3. The van der Waals surface area contributed by atoms with E-state index in [1.807, 2.05) is 4.90 Å². The van der Waals surface area contributed by atoms with Crippen LogP contribution in [0.3, 0.4) is 0 Å². The molecule has 0 unspecified atom stereocenters. The van der Waals surface area contributed by atoms with E-state index in [1.54, 1.807) is 24.3 Å². The Kier molecular flexibility index (Phi) is 3.41. The SMILES string of the molecule is O=C(c1cccc(N2C(=O)[C@@H]3[C@H]4C=C[C@H]([C@H]5C[C@H]45)[C@@H]3C2=O)c1)N1CCCCC1. The molecular weight excluding hydrogens is 352 g/mol. The first-order valence-corrected chi connectivity index (χ1v) is 10.6. The van der Waals surface area contributed by atoms with E-state index in [1.165, 1.54) is 11.3 Å². The number of allylic oxidation sites excluding steroid dienone is 2. The summed E-state index contributed by atoms with van der Waals surface area (Å²) in [5, 5.41) is 0. The Hall–Kier alpha value is -2.43. The molecule has 7 rings (SSSR count). The van der Waals surface area contributed by atoms with Crippen LogP contribution in [-0.2, 0) is 9.59 Å². The number of rotatable bonds is 2. The zero-order valence-corrected chi connectivity index (χ0v) is 15.8. The molecule has 3 amide bonds. The van der Waals surface area contributed by atoms with Gasteiger partial charge in [0.1, 0.15) is 0 Å². The van der Waals surface area contributed by atoms with Gasteiger partial charge >= 0.3 is 0 Å². The van der Waals surface area contributed by atoms with Crippen LogP contribution in [0, 0.1) is 35.5 Å². The van der Waals surface area contributed by atoms with Crippen LogP contribution in [0.25, 0.3) is 0 Å². The molecule has 4 aliphatic carbocycles. The van der Waals surface area contributed by atoms with Gasteiger partial charge in [0.25, 0.3) is 5.91 Å². The zero-order chi connectivity index (χ0) is 19.0. The molecule has 1 aromatic carbocycles. The smallest absolute Gasteiger partial charge is 0.253 e. The Balaban J connectivity index is 1.31. The van der Waals surface area contributed by atoms with Crippen molar-refractivity contribution in [2.45, 2.75) is 25.7 Å². The minimum atomic E-state index is -0.201. The van der Waals surface area contributed by atoms with Gasteiger partial charge in [-0.1, -0.05) is 18.2 Å². The summed E-state index contributed by atoms with van der Waals surface area (Å²) in [6.45, 7) is 1.57. The predicted molar refractivity (Wildman–Crippen MR) is 103 cm³/mol. The number of amides is 3. The van der Waals surface area contributed by atoms with Crippen molar-refractivity contribution >= 4 is 23.4 Å². The standard InChI is InChI=1S/C23H24N2O3/c26-21(24-9-2-1-3-10-24)13-5-4-6-14(11-13)25-22(27)19-15-7-8-16(18-12-17(15)18)20(19)23(25)28/h4-8,11,15-20H,1-3,9-10,12H2/t15-,16+,17-,18-,19+,20-/m1/s1. The number of hydrogen-bond donors (Lipinski definition) is 0. The van der Waals surface area contributed by atoms with Crippen molar-refractivity contribution in [2.24, 2.45) is 35.5 Å². The third-order valence-electron chi connectivity index (χ3n) is 7.66. The lowest BCUT2D eigenvalue weighted by Crippen LogP contribution is -2.40. The summed E-state index contributed by atoms with van der Waals surface area (Å²) in [5.41, 5.74) is 1.12. The average Bonchev–Trinajstić information content (AvgIpc) is 3.52. The van der Waals surface area contributed by atoms with Crippen molar-refractivity contribution in [3.8, 4) is 0 Å². The fraction of sp³-hybridized carbons (Fsp3) is 0.522. The number of hydrogen-bond acceptors (Lipinski definition) is 3. The lowest BCUT2D eigenvalue weighted by molar-refractivity contribution is -0.124. The van der Waals surface area contributed by atoms with Gasteiger partial charge in [0.15, 0.2) is 0 Å². The van der Waals surface area contributed by atoms with Gasteiger partial charge in [0.2, 0.25) is 11.8 Å². The van der Waals surface area contributed by atoms with E-state index < -0.39 is 0 Å². The lowest BCUT2D eigenvalue weighted by Gasteiger charge is -2.37. The Morgan fingerprint density at radius 1 is 0.893 bits per heavy atom. The monoisotopic (exact) mass is 376 g/mol. The molecule has 0 spiro atoms. The number of nitrogens with zero attached hydrogens (tertiary/aromatic N) is 2. The third kappa shape index (κ3) is 2.16. The molecule has 2 saturated heterocycles. The first-order chi connectivity index (χ1) is 13.6. The summed E-state index contributed by atoms with van der Waals surface area (Å²) >= 11 is 0. The van der Waals surface area contributed by atoms with Crippen LogP contribution in [0.4, 0.5) is 5.69 Å². The molecule has 28 heavy (non-hydrogen) atoms. The van der Waals surface area contributed by atoms with Crippen molar-refractivity contribution < 1.29 is 14.4 Å². The second-order valence-electron chi connectivity index (χ2n) is 9.07. The molecule has 2 saturated carbocycles. The van der Waals surface area contributed by atoms with Gasteiger partial charge in [-0.15, -0.1) is 0 Å². The van der Waals surface area contributed by atoms with Crippen LogP contribution in [0.2, 0.25) is 0 Å². The number of likely N-dealkylation sites (tertiary alicyclic amines) is 1. The first-order valence-electron chi connectivity index (χ1n) is 10.6. The minimum Gasteiger partial charge on any atom is -0.339 e. The van der Waals surface area contributed by atoms with E-state index in [0.717, 1.165) is 32.4 Å². The van der Waals surface area contributed by atoms with Gasteiger partial charge in [-0.2, -0.15) is 0 Å². The summed E-state index contributed by atoms with van der Waals surface area (Å²) in [5.74, 6) is 1.10. The molecule has 4 fully saturated rings. The molecule has 6 aliphatic rings. The molecule has 0 aromatic heterocycles. The average molecular weight is 376 g/mol. The van der Waals surface area contributed by atoms with Crippen LogP contribution in [0.15, 0.2) is 36.4 Å². The second-order valence-corrected chi connectivity index (χ2v) is 9.07. The highest BCUT2D eigenvalue weighted by Crippen LogP contribution is 2.65. The molecule has 0 radical (unpaired) electrons. The topological polar surface area (TPSA) is 57.7 Å². The van der Waals surface area contributed by atoms with Gasteiger partial charge in [0, 0.05) is 18.7 Å². The Morgan fingerprint density at radius 2 is 1.54 bits per heavy atom. The quantitative estimate of drug-likeness (QED) is 0.589. The highest BCUT2D eigenvalue weighted by Gasteiger charge is 2.67. The molecule has 6 atom stereocenters. The van der Waals surface area contributed by atoms with E-state index in [-0.39, 0.29) is 41.4 Å². The van der Waals surface area contributed by atoms with Crippen LogP contribution in [0.1, 0.15) is 36.0 Å². The largest absolute Gasteiger partial charge is 0.339 e. The maximum atomic E-state index is 13.3. The van der Waals surface area contributed by atoms with E-state index >= 15 is 0 Å². The van der Waals surface area contributed by atoms with E-state index in [4.69, 9.17) is 0 Å². The molecule has 1 aromatic rings. The van der Waals surface area contributed by atoms with Crippen molar-refractivity contribution in [2.75, 3.05) is 18.0 Å². The van der Waals surface area contributed by atoms with Gasteiger partial charge in [-0.25, -0.2) is 4.90 Å². The second kappa shape index (κ2) is 5.79. The number of carbonyl (C=O) groups is 3. The fourth-order valence-corrected chi connectivity index (χ4v) is 6.27. The summed E-state index contributed by atoms with van der Waals surface area (Å²) < 4.78 is 0. The molecule has 2 aliphatic heterocycles. The van der Waals surface area contributed by atoms with Crippen LogP contribution in [-0.4, -0.2) is 35.7 Å². The molecular formula is C23H24N2O3. The molecule has 0 N–H and O–H groups in total. The summed E-state index contributed by atoms with van der Waals surface area (Å²) in [7, 11) is 0. The molecule has 144 valence electrons. The Morgan fingerprint density at radius 3 is 2.18 bits per heavy atom. The van der Waals surface area contributed by atoms with Crippen molar-refractivity contribution in [3.05, 3.63) is 42.0 Å². The molecule has 5 nitrogen and oxygen atoms in total. The van der Waals surface area contributed by atoms with E-state index in [9.17, 15) is 14.4 Å². The Labute approximate surface area is 164 Å². The summed E-state index contributed by atoms with van der Waals surface area (Å²) in [4.78, 5) is 42.7. The number of anilines is 1. The van der Waals surface area contributed by atoms with Crippen LogP contribution >= 0.6 is 0 Å². The van der Waals surface area contributed by atoms with Crippen molar-refractivity contribution in [1.29, 1.82) is 0 Å². The normalized spacial score (nSPS) is 37.9. The number of carbonyl (C=O) groups excluding carboxylic acids is 3. The molecule has 2 bridgehead atoms.